The Balaban J connectivity index is 1.77. The van der Waals surface area contributed by atoms with Gasteiger partial charge in [-0.1, -0.05) is 12.8 Å². The van der Waals surface area contributed by atoms with Gasteiger partial charge in [0.25, 0.3) is 0 Å². The number of amides is 2. The van der Waals surface area contributed by atoms with Gasteiger partial charge in [-0.15, -0.1) is 0 Å². The van der Waals surface area contributed by atoms with E-state index in [4.69, 9.17) is 0 Å². The molecule has 4 nitrogen and oxygen atoms in total. The van der Waals surface area contributed by atoms with Gasteiger partial charge < -0.3 is 10.2 Å². The zero-order valence-electron chi connectivity index (χ0n) is 12.0. The van der Waals surface area contributed by atoms with Crippen molar-refractivity contribution in [3.63, 3.8) is 0 Å². The Morgan fingerprint density at radius 2 is 1.61 bits per heavy atom. The first-order chi connectivity index (χ1) is 8.46. The molecule has 1 N–H and O–H groups in total. The summed E-state index contributed by atoms with van der Waals surface area (Å²) in [6.45, 7) is 9.92. The van der Waals surface area contributed by atoms with Crippen LogP contribution in [0.3, 0.4) is 0 Å². The van der Waals surface area contributed by atoms with Crippen LogP contribution in [-0.4, -0.2) is 53.6 Å². The molecule has 1 aliphatic heterocycles. The number of hydrogen-bond acceptors (Lipinski definition) is 2. The quantitative estimate of drug-likeness (QED) is 0.776. The molecule has 0 spiro atoms. The van der Waals surface area contributed by atoms with Crippen LogP contribution >= 0.6 is 0 Å². The molecule has 1 heterocycles. The minimum atomic E-state index is -0.139. The van der Waals surface area contributed by atoms with E-state index >= 15 is 0 Å². The number of hydrogen-bond donors (Lipinski definition) is 1. The second-order valence-corrected chi connectivity index (χ2v) is 6.64. The lowest BCUT2D eigenvalue weighted by molar-refractivity contribution is 0.107. The van der Waals surface area contributed by atoms with E-state index in [2.05, 4.69) is 10.2 Å². The van der Waals surface area contributed by atoms with Crippen LogP contribution in [0.25, 0.3) is 0 Å². The van der Waals surface area contributed by atoms with Crippen LogP contribution in [-0.2, 0) is 0 Å². The molecule has 2 fully saturated rings. The lowest BCUT2D eigenvalue weighted by Crippen LogP contribution is -2.56. The summed E-state index contributed by atoms with van der Waals surface area (Å²) in [4.78, 5) is 16.6. The average molecular weight is 253 g/mol. The smallest absolute Gasteiger partial charge is 0.317 e. The third kappa shape index (κ3) is 3.61. The van der Waals surface area contributed by atoms with Crippen LogP contribution in [0.1, 0.15) is 46.5 Å². The third-order valence-corrected chi connectivity index (χ3v) is 3.92. The average Bonchev–Trinajstić information content (AvgIpc) is 2.80. The van der Waals surface area contributed by atoms with E-state index in [0.29, 0.717) is 0 Å². The van der Waals surface area contributed by atoms with Gasteiger partial charge in [-0.05, 0) is 33.6 Å². The number of piperazine rings is 1. The first-order valence-corrected chi connectivity index (χ1v) is 7.27. The van der Waals surface area contributed by atoms with Crippen molar-refractivity contribution in [3.8, 4) is 0 Å². The second kappa shape index (κ2) is 5.47. The van der Waals surface area contributed by atoms with Crippen molar-refractivity contribution in [3.05, 3.63) is 0 Å². The maximum Gasteiger partial charge on any atom is 0.317 e. The van der Waals surface area contributed by atoms with Gasteiger partial charge in [0.05, 0.1) is 0 Å². The molecule has 0 aromatic carbocycles. The Bertz CT molecular complexity index is 284. The Labute approximate surface area is 111 Å². The Kier molecular flexibility index (Phi) is 4.15. The molecule has 1 aliphatic carbocycles. The lowest BCUT2D eigenvalue weighted by Gasteiger charge is -2.39. The van der Waals surface area contributed by atoms with Gasteiger partial charge in [0.1, 0.15) is 0 Å². The first-order valence-electron chi connectivity index (χ1n) is 7.27. The fourth-order valence-electron chi connectivity index (χ4n) is 2.96. The van der Waals surface area contributed by atoms with Crippen LogP contribution in [0.4, 0.5) is 4.79 Å². The normalized spacial score (nSPS) is 23.4. The zero-order chi connectivity index (χ0) is 13.2. The van der Waals surface area contributed by atoms with Gasteiger partial charge in [0, 0.05) is 37.8 Å². The Hall–Kier alpha value is -0.770. The zero-order valence-corrected chi connectivity index (χ0v) is 12.0. The SMILES string of the molecule is CC(C)(C)NC(=O)N1CCN(C2CCCC2)CC1. The molecule has 0 unspecified atom stereocenters. The maximum atomic E-state index is 12.0. The molecule has 0 aromatic heterocycles. The van der Waals surface area contributed by atoms with E-state index in [1.807, 2.05) is 25.7 Å². The fourth-order valence-corrected chi connectivity index (χ4v) is 2.96. The predicted octanol–water partition coefficient (Wildman–Crippen LogP) is 2.05. The minimum Gasteiger partial charge on any atom is -0.333 e. The van der Waals surface area contributed by atoms with E-state index in [-0.39, 0.29) is 11.6 Å². The summed E-state index contributed by atoms with van der Waals surface area (Å²) in [5.41, 5.74) is -0.139. The van der Waals surface area contributed by atoms with Crippen LogP contribution in [0.15, 0.2) is 0 Å². The predicted molar refractivity (Wildman–Crippen MR) is 73.7 cm³/mol. The van der Waals surface area contributed by atoms with Gasteiger partial charge >= 0.3 is 6.03 Å². The topological polar surface area (TPSA) is 35.6 Å². The standard InChI is InChI=1S/C14H27N3O/c1-14(2,3)15-13(18)17-10-8-16(9-11-17)12-6-4-5-7-12/h12H,4-11H2,1-3H3,(H,15,18). The summed E-state index contributed by atoms with van der Waals surface area (Å²) in [5.74, 6) is 0. The lowest BCUT2D eigenvalue weighted by atomic mass is 10.1. The largest absolute Gasteiger partial charge is 0.333 e. The Morgan fingerprint density at radius 3 is 2.11 bits per heavy atom. The second-order valence-electron chi connectivity index (χ2n) is 6.64. The third-order valence-electron chi connectivity index (χ3n) is 3.92. The van der Waals surface area contributed by atoms with Gasteiger partial charge in [0.15, 0.2) is 0 Å². The number of nitrogens with one attached hydrogen (secondary N) is 1. The molecule has 2 amide bonds. The van der Waals surface area contributed by atoms with Crippen LogP contribution in [0.5, 0.6) is 0 Å². The molecule has 0 aromatic rings. The molecule has 1 saturated heterocycles. The number of rotatable bonds is 1. The molecule has 0 atom stereocenters. The van der Waals surface area contributed by atoms with Crippen molar-refractivity contribution in [1.29, 1.82) is 0 Å². The molecule has 1 saturated carbocycles. The molecule has 0 bridgehead atoms. The number of carbonyl (C=O) groups excluding carboxylic acids is 1. The summed E-state index contributed by atoms with van der Waals surface area (Å²) < 4.78 is 0. The van der Waals surface area contributed by atoms with Crippen LogP contribution in [0, 0.1) is 0 Å². The van der Waals surface area contributed by atoms with E-state index < -0.39 is 0 Å². The summed E-state index contributed by atoms with van der Waals surface area (Å²) in [6.07, 6.45) is 5.48. The van der Waals surface area contributed by atoms with Gasteiger partial charge in [-0.3, -0.25) is 4.90 Å². The summed E-state index contributed by atoms with van der Waals surface area (Å²) in [6, 6.07) is 0.881. The number of urea groups is 1. The van der Waals surface area contributed by atoms with Gasteiger partial charge in [-0.2, -0.15) is 0 Å². The maximum absolute atomic E-state index is 12.0. The highest BCUT2D eigenvalue weighted by atomic mass is 16.2. The van der Waals surface area contributed by atoms with E-state index in [9.17, 15) is 4.79 Å². The van der Waals surface area contributed by atoms with E-state index in [1.165, 1.54) is 25.7 Å². The van der Waals surface area contributed by atoms with E-state index in [0.717, 1.165) is 32.2 Å². The van der Waals surface area contributed by atoms with Crippen molar-refractivity contribution < 1.29 is 4.79 Å². The number of nitrogens with zero attached hydrogens (tertiary/aromatic N) is 2. The minimum absolute atomic E-state index is 0.0913. The monoisotopic (exact) mass is 253 g/mol. The molecular weight excluding hydrogens is 226 g/mol. The molecule has 0 radical (unpaired) electrons. The fraction of sp³-hybridized carbons (Fsp3) is 0.929. The van der Waals surface area contributed by atoms with E-state index in [1.54, 1.807) is 0 Å². The van der Waals surface area contributed by atoms with Crippen molar-refractivity contribution in [2.24, 2.45) is 0 Å². The van der Waals surface area contributed by atoms with Gasteiger partial charge in [-0.25, -0.2) is 4.79 Å². The van der Waals surface area contributed by atoms with Crippen LogP contribution < -0.4 is 5.32 Å². The van der Waals surface area contributed by atoms with Gasteiger partial charge in [0.2, 0.25) is 0 Å². The molecule has 4 heteroatoms. The number of carbonyl (C=O) groups is 1. The molecule has 2 rings (SSSR count). The summed E-state index contributed by atoms with van der Waals surface area (Å²) in [5, 5.41) is 3.04. The van der Waals surface area contributed by atoms with Crippen molar-refractivity contribution in [2.75, 3.05) is 26.2 Å². The molecule has 18 heavy (non-hydrogen) atoms. The Morgan fingerprint density at radius 1 is 1.06 bits per heavy atom. The van der Waals surface area contributed by atoms with Crippen molar-refractivity contribution in [2.45, 2.75) is 58.0 Å². The first kappa shape index (κ1) is 13.7. The highest BCUT2D eigenvalue weighted by molar-refractivity contribution is 5.75. The summed E-state index contributed by atoms with van der Waals surface area (Å²) in [7, 11) is 0. The van der Waals surface area contributed by atoms with Crippen LogP contribution in [0.2, 0.25) is 0 Å². The molecule has 2 aliphatic rings. The molecule has 104 valence electrons. The summed E-state index contributed by atoms with van der Waals surface area (Å²) >= 11 is 0. The highest BCUT2D eigenvalue weighted by Crippen LogP contribution is 2.24. The molecular formula is C14H27N3O. The van der Waals surface area contributed by atoms with Crippen molar-refractivity contribution >= 4 is 6.03 Å². The van der Waals surface area contributed by atoms with Crippen molar-refractivity contribution in [1.82, 2.24) is 15.1 Å². The highest BCUT2D eigenvalue weighted by Gasteiger charge is 2.28.